The molecule has 3 amide bonds. The molecule has 186 valence electrons. The largest absolute Gasteiger partial charge is 0.484 e. The van der Waals surface area contributed by atoms with Crippen molar-refractivity contribution in [2.24, 2.45) is 5.92 Å². The Morgan fingerprint density at radius 1 is 0.971 bits per heavy atom. The smallest absolute Gasteiger partial charge is 0.260 e. The van der Waals surface area contributed by atoms with Crippen LogP contribution < -0.4 is 10.1 Å². The van der Waals surface area contributed by atoms with E-state index in [1.165, 1.54) is 0 Å². The number of hydrogen-bond donors (Lipinski definition) is 1. The number of nitrogens with one attached hydrogen (secondary N) is 1. The first-order valence-corrected chi connectivity index (χ1v) is 12.5. The molecular weight excluding hydrogens is 444 g/mol. The number of pyridine rings is 1. The first-order chi connectivity index (χ1) is 16.9. The highest BCUT2D eigenvalue weighted by atomic mass is 16.5. The van der Waals surface area contributed by atoms with E-state index in [2.05, 4.69) is 24.1 Å². The number of anilines is 1. The Labute approximate surface area is 206 Å². The van der Waals surface area contributed by atoms with Crippen LogP contribution in [0.3, 0.4) is 0 Å². The fraction of sp³-hybridized carbons (Fsp3) is 0.481. The number of carbonyl (C=O) groups is 3. The third-order valence-corrected chi connectivity index (χ3v) is 7.01. The van der Waals surface area contributed by atoms with E-state index >= 15 is 0 Å². The first kappa shape index (κ1) is 24.7. The van der Waals surface area contributed by atoms with E-state index in [-0.39, 0.29) is 42.3 Å². The van der Waals surface area contributed by atoms with Gasteiger partial charge in [0.2, 0.25) is 5.91 Å². The Hall–Kier alpha value is -3.42. The number of ether oxygens (including phenoxy) is 1. The molecule has 1 N–H and O–H groups in total. The van der Waals surface area contributed by atoms with Gasteiger partial charge in [0.25, 0.3) is 11.8 Å². The molecule has 2 aliphatic heterocycles. The molecule has 8 nitrogen and oxygen atoms in total. The molecule has 0 radical (unpaired) electrons. The number of piperidine rings is 2. The quantitative estimate of drug-likeness (QED) is 0.683. The maximum atomic E-state index is 12.9. The monoisotopic (exact) mass is 478 g/mol. The molecule has 0 bridgehead atoms. The van der Waals surface area contributed by atoms with Crippen molar-refractivity contribution in [1.82, 2.24) is 14.8 Å². The molecule has 2 fully saturated rings. The molecule has 2 aromatic rings. The average Bonchev–Trinajstić information content (AvgIpc) is 2.88. The SMILES string of the molecule is CC1CCCC(C)N1C(=O)COc1ccc(C(=O)N2CCC(C(=O)Nc3ccccn3)CC2)cc1. The van der Waals surface area contributed by atoms with Crippen LogP contribution in [0.15, 0.2) is 48.7 Å². The van der Waals surface area contributed by atoms with Crippen LogP contribution in [0.2, 0.25) is 0 Å². The highest BCUT2D eigenvalue weighted by Gasteiger charge is 2.30. The predicted molar refractivity (Wildman–Crippen MR) is 133 cm³/mol. The van der Waals surface area contributed by atoms with Gasteiger partial charge in [-0.05, 0) is 82.3 Å². The lowest BCUT2D eigenvalue weighted by atomic mass is 9.95. The van der Waals surface area contributed by atoms with Crippen LogP contribution in [0.25, 0.3) is 0 Å². The minimum Gasteiger partial charge on any atom is -0.484 e. The second-order valence-electron chi connectivity index (χ2n) is 9.51. The van der Waals surface area contributed by atoms with Crippen LogP contribution in [0.4, 0.5) is 5.82 Å². The minimum absolute atomic E-state index is 0.000179. The van der Waals surface area contributed by atoms with Crippen molar-refractivity contribution in [1.29, 1.82) is 0 Å². The average molecular weight is 479 g/mol. The number of aromatic nitrogens is 1. The standard InChI is InChI=1S/C27H34N4O4/c1-19-6-5-7-20(2)31(19)25(32)18-35-23-11-9-22(10-12-23)27(34)30-16-13-21(14-17-30)26(33)29-24-8-3-4-15-28-24/h3-4,8-12,15,19-21H,5-7,13-14,16-18H2,1-2H3,(H,28,29,33). The number of hydrogen-bond acceptors (Lipinski definition) is 5. The van der Waals surface area contributed by atoms with Crippen LogP contribution >= 0.6 is 0 Å². The zero-order valence-corrected chi connectivity index (χ0v) is 20.5. The molecule has 2 unspecified atom stereocenters. The summed E-state index contributed by atoms with van der Waals surface area (Å²) in [7, 11) is 0. The molecule has 4 rings (SSSR count). The van der Waals surface area contributed by atoms with E-state index in [1.54, 1.807) is 47.5 Å². The van der Waals surface area contributed by atoms with Gasteiger partial charge in [0.05, 0.1) is 0 Å². The van der Waals surface area contributed by atoms with E-state index in [9.17, 15) is 14.4 Å². The third-order valence-electron chi connectivity index (χ3n) is 7.01. The lowest BCUT2D eigenvalue weighted by Crippen LogP contribution is -2.49. The number of nitrogens with zero attached hydrogens (tertiary/aromatic N) is 3. The van der Waals surface area contributed by atoms with Crippen molar-refractivity contribution in [3.63, 3.8) is 0 Å². The molecule has 3 heterocycles. The van der Waals surface area contributed by atoms with Gasteiger partial charge in [-0.3, -0.25) is 14.4 Å². The molecule has 0 aliphatic carbocycles. The Morgan fingerprint density at radius 2 is 1.66 bits per heavy atom. The summed E-state index contributed by atoms with van der Waals surface area (Å²) in [5.74, 6) is 0.851. The van der Waals surface area contributed by atoms with Gasteiger partial charge in [-0.1, -0.05) is 6.07 Å². The van der Waals surface area contributed by atoms with Crippen molar-refractivity contribution >= 4 is 23.5 Å². The number of carbonyl (C=O) groups excluding carboxylic acids is 3. The summed E-state index contributed by atoms with van der Waals surface area (Å²) in [6.07, 6.45) is 6.07. The molecule has 2 saturated heterocycles. The van der Waals surface area contributed by atoms with Crippen LogP contribution in [-0.2, 0) is 9.59 Å². The van der Waals surface area contributed by atoms with Crippen LogP contribution in [0, 0.1) is 5.92 Å². The van der Waals surface area contributed by atoms with E-state index < -0.39 is 0 Å². The fourth-order valence-electron chi connectivity index (χ4n) is 5.02. The lowest BCUT2D eigenvalue weighted by Gasteiger charge is -2.38. The van der Waals surface area contributed by atoms with Crippen molar-refractivity contribution < 1.29 is 19.1 Å². The molecule has 8 heteroatoms. The van der Waals surface area contributed by atoms with E-state index in [0.29, 0.717) is 43.1 Å². The summed E-state index contributed by atoms with van der Waals surface area (Å²) in [6, 6.07) is 12.8. The summed E-state index contributed by atoms with van der Waals surface area (Å²) in [6.45, 7) is 5.22. The number of benzene rings is 1. The topological polar surface area (TPSA) is 91.8 Å². The molecule has 0 spiro atoms. The summed E-state index contributed by atoms with van der Waals surface area (Å²) in [5.41, 5.74) is 0.568. The predicted octanol–water partition coefficient (Wildman–Crippen LogP) is 3.74. The Balaban J connectivity index is 1.24. The van der Waals surface area contributed by atoms with Gasteiger partial charge in [0.15, 0.2) is 6.61 Å². The fourth-order valence-corrected chi connectivity index (χ4v) is 5.02. The zero-order valence-electron chi connectivity index (χ0n) is 20.5. The summed E-state index contributed by atoms with van der Waals surface area (Å²) in [4.78, 5) is 45.9. The highest BCUT2D eigenvalue weighted by Crippen LogP contribution is 2.24. The number of likely N-dealkylation sites (tertiary alicyclic amines) is 2. The lowest BCUT2D eigenvalue weighted by molar-refractivity contribution is -0.139. The maximum Gasteiger partial charge on any atom is 0.260 e. The molecule has 35 heavy (non-hydrogen) atoms. The van der Waals surface area contributed by atoms with Crippen LogP contribution in [0.1, 0.15) is 56.3 Å². The summed E-state index contributed by atoms with van der Waals surface area (Å²) < 4.78 is 5.72. The van der Waals surface area contributed by atoms with E-state index in [4.69, 9.17) is 4.74 Å². The van der Waals surface area contributed by atoms with E-state index in [0.717, 1.165) is 19.3 Å². The van der Waals surface area contributed by atoms with Crippen molar-refractivity contribution in [3.05, 3.63) is 54.2 Å². The third kappa shape index (κ3) is 6.18. The zero-order chi connectivity index (χ0) is 24.8. The molecule has 0 saturated carbocycles. The molecule has 1 aromatic heterocycles. The normalized spacial score (nSPS) is 20.9. The number of amides is 3. The van der Waals surface area contributed by atoms with Crippen molar-refractivity contribution in [2.45, 2.75) is 58.0 Å². The Bertz CT molecular complexity index is 1010. The van der Waals surface area contributed by atoms with Gasteiger partial charge in [-0.2, -0.15) is 0 Å². The summed E-state index contributed by atoms with van der Waals surface area (Å²) in [5, 5.41) is 2.84. The number of rotatable bonds is 6. The van der Waals surface area contributed by atoms with E-state index in [1.807, 2.05) is 11.0 Å². The van der Waals surface area contributed by atoms with Gasteiger partial charge in [-0.25, -0.2) is 4.98 Å². The summed E-state index contributed by atoms with van der Waals surface area (Å²) >= 11 is 0. The molecule has 1 aromatic carbocycles. The van der Waals surface area contributed by atoms with Crippen LogP contribution in [-0.4, -0.2) is 64.3 Å². The van der Waals surface area contributed by atoms with Gasteiger partial charge >= 0.3 is 0 Å². The van der Waals surface area contributed by atoms with Gasteiger partial charge < -0.3 is 19.9 Å². The van der Waals surface area contributed by atoms with Crippen molar-refractivity contribution in [3.8, 4) is 5.75 Å². The van der Waals surface area contributed by atoms with Gasteiger partial charge in [0.1, 0.15) is 11.6 Å². The molecular formula is C27H34N4O4. The first-order valence-electron chi connectivity index (χ1n) is 12.5. The maximum absolute atomic E-state index is 12.9. The minimum atomic E-state index is -0.139. The second-order valence-corrected chi connectivity index (χ2v) is 9.51. The molecule has 2 aliphatic rings. The van der Waals surface area contributed by atoms with Gasteiger partial charge in [0, 0.05) is 42.9 Å². The Morgan fingerprint density at radius 3 is 2.29 bits per heavy atom. The highest BCUT2D eigenvalue weighted by molar-refractivity contribution is 5.95. The Kier molecular flexibility index (Phi) is 8.00. The molecule has 2 atom stereocenters. The van der Waals surface area contributed by atoms with Crippen molar-refractivity contribution in [2.75, 3.05) is 25.0 Å². The van der Waals surface area contributed by atoms with Crippen LogP contribution in [0.5, 0.6) is 5.75 Å². The second kappa shape index (κ2) is 11.3. The van der Waals surface area contributed by atoms with Gasteiger partial charge in [-0.15, -0.1) is 0 Å².